The van der Waals surface area contributed by atoms with Gasteiger partial charge >= 0.3 is 0 Å². The fraction of sp³-hybridized carbons (Fsp3) is 0.318. The third-order valence-corrected chi connectivity index (χ3v) is 5.71. The van der Waals surface area contributed by atoms with Crippen molar-refractivity contribution in [3.05, 3.63) is 70.6 Å². The van der Waals surface area contributed by atoms with E-state index in [1.165, 1.54) is 4.90 Å². The molecule has 0 unspecified atom stereocenters. The Balaban J connectivity index is 1.70. The Labute approximate surface area is 175 Å². The summed E-state index contributed by atoms with van der Waals surface area (Å²) in [5.41, 5.74) is 2.34. The molecular weight excluding hydrogens is 388 g/mol. The number of nitrogens with zero attached hydrogens (tertiary/aromatic N) is 4. The molecule has 1 aromatic heterocycles. The summed E-state index contributed by atoms with van der Waals surface area (Å²) >= 11 is 6.03. The predicted molar refractivity (Wildman–Crippen MR) is 112 cm³/mol. The van der Waals surface area contributed by atoms with Crippen molar-refractivity contribution in [3.8, 4) is 0 Å². The van der Waals surface area contributed by atoms with Gasteiger partial charge in [-0.1, -0.05) is 36.7 Å². The van der Waals surface area contributed by atoms with Crippen molar-refractivity contribution in [1.82, 2.24) is 19.7 Å². The smallest absolute Gasteiger partial charge is 0.278 e. The lowest BCUT2D eigenvalue weighted by Crippen LogP contribution is -2.47. The maximum atomic E-state index is 13.4. The highest BCUT2D eigenvalue weighted by Crippen LogP contribution is 2.33. The Morgan fingerprint density at radius 1 is 0.966 bits per heavy atom. The molecule has 4 rings (SSSR count). The second-order valence-corrected chi connectivity index (χ2v) is 7.61. The molecule has 150 valence electrons. The molecule has 1 aromatic carbocycles. The summed E-state index contributed by atoms with van der Waals surface area (Å²) in [5.74, 6) is -0.536. The lowest BCUT2D eigenvalue weighted by Gasteiger charge is -2.36. The summed E-state index contributed by atoms with van der Waals surface area (Å²) in [7, 11) is 0. The Morgan fingerprint density at radius 3 is 2.31 bits per heavy atom. The monoisotopic (exact) mass is 410 g/mol. The summed E-state index contributed by atoms with van der Waals surface area (Å²) in [5, 5.41) is 0.592. The van der Waals surface area contributed by atoms with E-state index < -0.39 is 0 Å². The van der Waals surface area contributed by atoms with Crippen LogP contribution < -0.4 is 0 Å². The zero-order valence-electron chi connectivity index (χ0n) is 16.3. The Morgan fingerprint density at radius 2 is 1.69 bits per heavy atom. The van der Waals surface area contributed by atoms with Crippen LogP contribution in [0.2, 0.25) is 5.02 Å². The van der Waals surface area contributed by atoms with Crippen molar-refractivity contribution in [3.63, 3.8) is 0 Å². The van der Waals surface area contributed by atoms with Crippen molar-refractivity contribution in [1.29, 1.82) is 0 Å². The summed E-state index contributed by atoms with van der Waals surface area (Å²) < 4.78 is 0. The molecule has 0 spiro atoms. The lowest BCUT2D eigenvalue weighted by atomic mass is 10.0. The van der Waals surface area contributed by atoms with Gasteiger partial charge in [-0.3, -0.25) is 19.5 Å². The van der Waals surface area contributed by atoms with E-state index in [0.29, 0.717) is 27.6 Å². The van der Waals surface area contributed by atoms with Crippen LogP contribution in [-0.2, 0) is 16.1 Å². The maximum absolute atomic E-state index is 13.4. The number of amides is 2. The number of hydrogen-bond acceptors (Lipinski definition) is 5. The van der Waals surface area contributed by atoms with Gasteiger partial charge in [0.05, 0.1) is 17.8 Å². The fourth-order valence-corrected chi connectivity index (χ4v) is 3.94. The van der Waals surface area contributed by atoms with Gasteiger partial charge in [0, 0.05) is 37.4 Å². The quantitative estimate of drug-likeness (QED) is 0.709. The average molecular weight is 411 g/mol. The number of likely N-dealkylation sites (N-methyl/N-ethyl adjacent to an activating group) is 1. The number of piperazine rings is 1. The number of carbonyl (C=O) groups excluding carboxylic acids is 2. The van der Waals surface area contributed by atoms with Gasteiger partial charge in [0.25, 0.3) is 11.8 Å². The minimum Gasteiger partial charge on any atom is -0.364 e. The van der Waals surface area contributed by atoms with Crippen LogP contribution in [-0.4, -0.2) is 64.2 Å². The molecule has 0 aliphatic carbocycles. The minimum absolute atomic E-state index is 0.161. The van der Waals surface area contributed by atoms with Gasteiger partial charge in [0.2, 0.25) is 0 Å². The number of benzene rings is 1. The first-order chi connectivity index (χ1) is 14.1. The zero-order chi connectivity index (χ0) is 20.4. The SMILES string of the molecule is CCN1CCN(C2=C(c3ccc(Cl)cc3)C(=O)N(Cc3ccccn3)C2=O)CC1. The van der Waals surface area contributed by atoms with Crippen molar-refractivity contribution < 1.29 is 9.59 Å². The number of rotatable bonds is 5. The second kappa shape index (κ2) is 8.35. The highest BCUT2D eigenvalue weighted by molar-refractivity contribution is 6.35. The van der Waals surface area contributed by atoms with Crippen molar-refractivity contribution in [2.75, 3.05) is 32.7 Å². The molecule has 7 heteroatoms. The van der Waals surface area contributed by atoms with E-state index in [2.05, 4.69) is 21.7 Å². The van der Waals surface area contributed by atoms with Gasteiger partial charge in [-0.25, -0.2) is 0 Å². The van der Waals surface area contributed by atoms with Gasteiger partial charge in [0.15, 0.2) is 0 Å². The molecular formula is C22H23ClN4O2. The molecule has 0 bridgehead atoms. The average Bonchev–Trinajstić information content (AvgIpc) is 3.00. The molecule has 0 radical (unpaired) electrons. The van der Waals surface area contributed by atoms with E-state index in [0.717, 1.165) is 32.7 Å². The van der Waals surface area contributed by atoms with Gasteiger partial charge in [0.1, 0.15) is 5.70 Å². The summed E-state index contributed by atoms with van der Waals surface area (Å²) in [6.45, 7) is 6.45. The number of aromatic nitrogens is 1. The molecule has 29 heavy (non-hydrogen) atoms. The molecule has 0 atom stereocenters. The first kappa shape index (κ1) is 19.6. The third-order valence-electron chi connectivity index (χ3n) is 5.46. The number of imide groups is 1. The van der Waals surface area contributed by atoms with Crippen LogP contribution >= 0.6 is 11.6 Å². The van der Waals surface area contributed by atoms with Gasteiger partial charge in [-0.15, -0.1) is 0 Å². The van der Waals surface area contributed by atoms with Gasteiger partial charge in [-0.2, -0.15) is 0 Å². The molecule has 3 heterocycles. The minimum atomic E-state index is -0.282. The van der Waals surface area contributed by atoms with E-state index in [4.69, 9.17) is 11.6 Å². The van der Waals surface area contributed by atoms with Crippen LogP contribution in [0.5, 0.6) is 0 Å². The standard InChI is InChI=1S/C22H23ClN4O2/c1-2-25-11-13-26(14-12-25)20-19(16-6-8-17(23)9-7-16)21(28)27(22(20)29)15-18-5-3-4-10-24-18/h3-10H,2,11-15H2,1H3. The Hall–Kier alpha value is -2.70. The largest absolute Gasteiger partial charge is 0.364 e. The summed E-state index contributed by atoms with van der Waals surface area (Å²) in [6.07, 6.45) is 1.67. The van der Waals surface area contributed by atoms with E-state index >= 15 is 0 Å². The van der Waals surface area contributed by atoms with Crippen molar-refractivity contribution in [2.24, 2.45) is 0 Å². The first-order valence-electron chi connectivity index (χ1n) is 9.82. The molecule has 2 aliphatic rings. The molecule has 6 nitrogen and oxygen atoms in total. The van der Waals surface area contributed by atoms with Crippen LogP contribution in [0.3, 0.4) is 0 Å². The van der Waals surface area contributed by atoms with Crippen LogP contribution in [0.1, 0.15) is 18.2 Å². The normalized spacial score (nSPS) is 18.1. The first-order valence-corrected chi connectivity index (χ1v) is 10.2. The Bertz CT molecular complexity index is 935. The number of carbonyl (C=O) groups is 2. The molecule has 2 amide bonds. The molecule has 1 saturated heterocycles. The zero-order valence-corrected chi connectivity index (χ0v) is 17.1. The fourth-order valence-electron chi connectivity index (χ4n) is 3.82. The molecule has 2 aliphatic heterocycles. The molecule has 0 saturated carbocycles. The van der Waals surface area contributed by atoms with Crippen LogP contribution in [0.25, 0.3) is 5.57 Å². The van der Waals surface area contributed by atoms with E-state index in [-0.39, 0.29) is 18.4 Å². The molecule has 2 aromatic rings. The van der Waals surface area contributed by atoms with Crippen molar-refractivity contribution in [2.45, 2.75) is 13.5 Å². The van der Waals surface area contributed by atoms with E-state index in [9.17, 15) is 9.59 Å². The highest BCUT2D eigenvalue weighted by Gasteiger charge is 2.42. The molecule has 0 N–H and O–H groups in total. The van der Waals surface area contributed by atoms with Crippen molar-refractivity contribution >= 4 is 29.0 Å². The highest BCUT2D eigenvalue weighted by atomic mass is 35.5. The summed E-state index contributed by atoms with van der Waals surface area (Å²) in [4.78, 5) is 36.7. The van der Waals surface area contributed by atoms with Crippen LogP contribution in [0, 0.1) is 0 Å². The number of halogens is 1. The second-order valence-electron chi connectivity index (χ2n) is 7.17. The summed E-state index contributed by atoms with van der Waals surface area (Å²) in [6, 6.07) is 12.6. The van der Waals surface area contributed by atoms with Gasteiger partial charge in [-0.05, 0) is 36.4 Å². The topological polar surface area (TPSA) is 56.8 Å². The Kier molecular flexibility index (Phi) is 5.65. The molecule has 1 fully saturated rings. The van der Waals surface area contributed by atoms with Crippen LogP contribution in [0.15, 0.2) is 54.4 Å². The third kappa shape index (κ3) is 3.91. The lowest BCUT2D eigenvalue weighted by molar-refractivity contribution is -0.138. The number of pyridine rings is 1. The maximum Gasteiger partial charge on any atom is 0.278 e. The number of hydrogen-bond donors (Lipinski definition) is 0. The van der Waals surface area contributed by atoms with Crippen LogP contribution in [0.4, 0.5) is 0 Å². The van der Waals surface area contributed by atoms with E-state index in [1.54, 1.807) is 30.5 Å². The van der Waals surface area contributed by atoms with Gasteiger partial charge < -0.3 is 9.80 Å². The predicted octanol–water partition coefficient (Wildman–Crippen LogP) is 2.65. The van der Waals surface area contributed by atoms with E-state index in [1.807, 2.05) is 18.2 Å².